The average molecular weight is 316 g/mol. The first-order valence-corrected chi connectivity index (χ1v) is 7.84. The van der Waals surface area contributed by atoms with E-state index in [-0.39, 0.29) is 6.04 Å². The topological polar surface area (TPSA) is 32.5 Å². The van der Waals surface area contributed by atoms with Crippen LogP contribution in [0, 0.1) is 0 Å². The zero-order chi connectivity index (χ0) is 14.7. The largest absolute Gasteiger partial charge is 0.329 e. The van der Waals surface area contributed by atoms with Gasteiger partial charge in [0.2, 0.25) is 0 Å². The molecule has 112 valence electrons. The lowest BCUT2D eigenvalue weighted by atomic mass is 9.98. The van der Waals surface area contributed by atoms with Crippen LogP contribution in [0.3, 0.4) is 0 Å². The lowest BCUT2D eigenvalue weighted by Crippen LogP contribution is -2.45. The van der Waals surface area contributed by atoms with Crippen LogP contribution in [-0.4, -0.2) is 49.6 Å². The van der Waals surface area contributed by atoms with Crippen molar-refractivity contribution in [2.45, 2.75) is 24.9 Å². The van der Waals surface area contributed by atoms with Gasteiger partial charge in [0.05, 0.1) is 10.0 Å². The Morgan fingerprint density at radius 1 is 1.30 bits per heavy atom. The molecule has 0 aliphatic carbocycles. The Bertz CT molecular complexity index is 443. The summed E-state index contributed by atoms with van der Waals surface area (Å²) < 4.78 is 0. The highest BCUT2D eigenvalue weighted by molar-refractivity contribution is 6.42. The number of hydrogen-bond donors (Lipinski definition) is 1. The number of likely N-dealkylation sites (tertiary alicyclic amines) is 1. The van der Waals surface area contributed by atoms with E-state index < -0.39 is 0 Å². The molecule has 1 unspecified atom stereocenters. The smallest absolute Gasteiger partial charge is 0.0640 e. The quantitative estimate of drug-likeness (QED) is 0.927. The van der Waals surface area contributed by atoms with Crippen molar-refractivity contribution in [2.75, 3.05) is 33.7 Å². The Morgan fingerprint density at radius 3 is 2.50 bits per heavy atom. The van der Waals surface area contributed by atoms with Crippen LogP contribution in [0.2, 0.25) is 10.0 Å². The van der Waals surface area contributed by atoms with Crippen molar-refractivity contribution in [1.29, 1.82) is 0 Å². The summed E-state index contributed by atoms with van der Waals surface area (Å²) >= 11 is 12.5. The predicted octanol–water partition coefficient (Wildman–Crippen LogP) is 3.02. The van der Waals surface area contributed by atoms with E-state index in [4.69, 9.17) is 28.9 Å². The lowest BCUT2D eigenvalue weighted by molar-refractivity contribution is 0.111. The maximum atomic E-state index is 6.34. The van der Waals surface area contributed by atoms with E-state index >= 15 is 0 Å². The van der Waals surface area contributed by atoms with Gasteiger partial charge in [-0.05, 0) is 38.6 Å². The van der Waals surface area contributed by atoms with Crippen LogP contribution in [0.15, 0.2) is 18.2 Å². The first-order valence-electron chi connectivity index (χ1n) is 7.09. The van der Waals surface area contributed by atoms with Gasteiger partial charge in [-0.1, -0.05) is 35.3 Å². The Morgan fingerprint density at radius 2 is 1.95 bits per heavy atom. The van der Waals surface area contributed by atoms with E-state index in [1.807, 2.05) is 18.2 Å². The average Bonchev–Trinajstić information content (AvgIpc) is 2.45. The number of benzene rings is 1. The molecular formula is C15H23Cl2N3. The van der Waals surface area contributed by atoms with Crippen molar-refractivity contribution in [1.82, 2.24) is 9.80 Å². The molecule has 1 aliphatic heterocycles. The monoisotopic (exact) mass is 315 g/mol. The van der Waals surface area contributed by atoms with Gasteiger partial charge in [0.1, 0.15) is 0 Å². The van der Waals surface area contributed by atoms with Crippen molar-refractivity contribution >= 4 is 23.2 Å². The third kappa shape index (κ3) is 3.46. The molecule has 0 amide bonds. The van der Waals surface area contributed by atoms with Gasteiger partial charge in [-0.2, -0.15) is 0 Å². The molecule has 1 heterocycles. The minimum absolute atomic E-state index is 0.157. The first-order chi connectivity index (χ1) is 9.54. The molecule has 2 N–H and O–H groups in total. The van der Waals surface area contributed by atoms with E-state index in [1.165, 1.54) is 12.8 Å². The van der Waals surface area contributed by atoms with Crippen LogP contribution < -0.4 is 5.73 Å². The lowest BCUT2D eigenvalue weighted by Gasteiger charge is -2.39. The molecule has 1 atom stereocenters. The molecule has 3 nitrogen and oxygen atoms in total. The molecule has 2 rings (SSSR count). The third-order valence-corrected chi connectivity index (χ3v) is 5.07. The second-order valence-corrected chi connectivity index (χ2v) is 6.41. The van der Waals surface area contributed by atoms with Crippen molar-refractivity contribution in [3.8, 4) is 0 Å². The summed E-state index contributed by atoms with van der Waals surface area (Å²) in [5, 5.41) is 1.24. The van der Waals surface area contributed by atoms with E-state index in [0.717, 1.165) is 18.7 Å². The van der Waals surface area contributed by atoms with E-state index in [1.54, 1.807) is 0 Å². The van der Waals surface area contributed by atoms with Crippen LogP contribution in [0.4, 0.5) is 0 Å². The molecule has 1 fully saturated rings. The van der Waals surface area contributed by atoms with Crippen molar-refractivity contribution in [3.63, 3.8) is 0 Å². The van der Waals surface area contributed by atoms with Crippen molar-refractivity contribution in [2.24, 2.45) is 5.73 Å². The zero-order valence-electron chi connectivity index (χ0n) is 12.1. The second kappa shape index (κ2) is 7.10. The number of nitrogens with two attached hydrogens (primary N) is 1. The van der Waals surface area contributed by atoms with Crippen molar-refractivity contribution < 1.29 is 0 Å². The van der Waals surface area contributed by atoms with E-state index in [2.05, 4.69) is 23.9 Å². The van der Waals surface area contributed by atoms with E-state index in [9.17, 15) is 0 Å². The predicted molar refractivity (Wildman–Crippen MR) is 86.5 cm³/mol. The van der Waals surface area contributed by atoms with Crippen LogP contribution in [-0.2, 0) is 0 Å². The highest BCUT2D eigenvalue weighted by Crippen LogP contribution is 2.33. The summed E-state index contributed by atoms with van der Waals surface area (Å²) in [5.74, 6) is 0. The molecule has 1 aromatic rings. The Hall–Kier alpha value is -0.320. The molecule has 5 heteroatoms. The fourth-order valence-corrected chi connectivity index (χ4v) is 3.40. The molecule has 1 aliphatic rings. The summed E-state index contributed by atoms with van der Waals surface area (Å²) in [6, 6.07) is 6.62. The maximum Gasteiger partial charge on any atom is 0.0640 e. The number of rotatable bonds is 4. The minimum atomic E-state index is 0.157. The Labute approximate surface area is 131 Å². The number of hydrogen-bond acceptors (Lipinski definition) is 3. The van der Waals surface area contributed by atoms with Gasteiger partial charge < -0.3 is 10.6 Å². The SMILES string of the molecule is CN(C)C1CCN(C(CN)c2cccc(Cl)c2Cl)CC1. The normalized spacial score (nSPS) is 19.5. The molecule has 0 aromatic heterocycles. The molecule has 1 aromatic carbocycles. The highest BCUT2D eigenvalue weighted by atomic mass is 35.5. The summed E-state index contributed by atoms with van der Waals surface area (Å²) in [6.45, 7) is 2.66. The van der Waals surface area contributed by atoms with Gasteiger partial charge in [-0.3, -0.25) is 4.90 Å². The van der Waals surface area contributed by atoms with Gasteiger partial charge in [-0.25, -0.2) is 0 Å². The Kier molecular flexibility index (Phi) is 5.70. The number of halogens is 2. The summed E-state index contributed by atoms with van der Waals surface area (Å²) in [4.78, 5) is 4.73. The minimum Gasteiger partial charge on any atom is -0.329 e. The number of nitrogens with zero attached hydrogens (tertiary/aromatic N) is 2. The van der Waals surface area contributed by atoms with Crippen LogP contribution >= 0.6 is 23.2 Å². The Balaban J connectivity index is 2.12. The maximum absolute atomic E-state index is 6.34. The molecule has 0 saturated carbocycles. The van der Waals surface area contributed by atoms with Crippen LogP contribution in [0.25, 0.3) is 0 Å². The molecule has 20 heavy (non-hydrogen) atoms. The standard InChI is InChI=1S/C15H23Cl2N3/c1-19(2)11-6-8-20(9-7-11)14(10-18)12-4-3-5-13(16)15(12)17/h3-5,11,14H,6-10,18H2,1-2H3. The van der Waals surface area contributed by atoms with Gasteiger partial charge in [0, 0.05) is 31.7 Å². The van der Waals surface area contributed by atoms with Crippen LogP contribution in [0.1, 0.15) is 24.4 Å². The third-order valence-electron chi connectivity index (χ3n) is 4.23. The molecule has 0 spiro atoms. The molecule has 0 bridgehead atoms. The molecule has 1 saturated heterocycles. The van der Waals surface area contributed by atoms with E-state index in [0.29, 0.717) is 22.6 Å². The van der Waals surface area contributed by atoms with Gasteiger partial charge in [0.25, 0.3) is 0 Å². The summed E-state index contributed by atoms with van der Waals surface area (Å²) in [7, 11) is 4.29. The molecule has 0 radical (unpaired) electrons. The molecular weight excluding hydrogens is 293 g/mol. The van der Waals surface area contributed by atoms with Gasteiger partial charge >= 0.3 is 0 Å². The zero-order valence-corrected chi connectivity index (χ0v) is 13.7. The number of piperidine rings is 1. The summed E-state index contributed by atoms with van der Waals surface area (Å²) in [6.07, 6.45) is 2.34. The summed E-state index contributed by atoms with van der Waals surface area (Å²) in [5.41, 5.74) is 7.04. The van der Waals surface area contributed by atoms with Crippen LogP contribution in [0.5, 0.6) is 0 Å². The fourth-order valence-electron chi connectivity index (χ4n) is 2.96. The van der Waals surface area contributed by atoms with Gasteiger partial charge in [-0.15, -0.1) is 0 Å². The second-order valence-electron chi connectivity index (χ2n) is 5.63. The first kappa shape index (κ1) is 16.1. The highest BCUT2D eigenvalue weighted by Gasteiger charge is 2.27. The van der Waals surface area contributed by atoms with Gasteiger partial charge in [0.15, 0.2) is 0 Å². The fraction of sp³-hybridized carbons (Fsp3) is 0.600. The van der Waals surface area contributed by atoms with Crippen molar-refractivity contribution in [3.05, 3.63) is 33.8 Å².